The van der Waals surface area contributed by atoms with Gasteiger partial charge in [-0.1, -0.05) is 0 Å². The summed E-state index contributed by atoms with van der Waals surface area (Å²) in [5.74, 6) is 0.735. The van der Waals surface area contributed by atoms with E-state index in [4.69, 9.17) is 5.73 Å². The first kappa shape index (κ1) is 8.02. The molecule has 2 N–H and O–H groups in total. The Labute approximate surface area is 63.4 Å². The van der Waals surface area contributed by atoms with Crippen molar-refractivity contribution in [1.29, 1.82) is 0 Å². The molecule has 1 aliphatic rings. The summed E-state index contributed by atoms with van der Waals surface area (Å²) >= 11 is 0. The molecular weight excluding hydrogens is 124 g/mol. The molecule has 1 aliphatic heterocycles. The molecule has 0 amide bonds. The zero-order chi connectivity index (χ0) is 7.56. The smallest absolute Gasteiger partial charge is 0.0104 e. The molecule has 0 aliphatic carbocycles. The van der Waals surface area contributed by atoms with Crippen LogP contribution < -0.4 is 5.73 Å². The van der Waals surface area contributed by atoms with Gasteiger partial charge in [0, 0.05) is 6.04 Å². The van der Waals surface area contributed by atoms with Crippen molar-refractivity contribution >= 4 is 0 Å². The minimum Gasteiger partial charge on any atom is -0.330 e. The lowest BCUT2D eigenvalue weighted by molar-refractivity contribution is 0.139. The predicted molar refractivity (Wildman–Crippen MR) is 43.9 cm³/mol. The predicted octanol–water partition coefficient (Wildman–Crippen LogP) is 0.675. The summed E-state index contributed by atoms with van der Waals surface area (Å²) in [7, 11) is 2.19. The van der Waals surface area contributed by atoms with Gasteiger partial charge in [-0.3, -0.25) is 0 Å². The molecule has 0 saturated carbocycles. The summed E-state index contributed by atoms with van der Waals surface area (Å²) in [5.41, 5.74) is 5.63. The molecule has 2 heteroatoms. The molecule has 0 aromatic rings. The molecule has 1 heterocycles. The maximum Gasteiger partial charge on any atom is 0.0104 e. The van der Waals surface area contributed by atoms with Crippen LogP contribution >= 0.6 is 0 Å². The second kappa shape index (κ2) is 3.35. The van der Waals surface area contributed by atoms with Crippen molar-refractivity contribution in [1.82, 2.24) is 4.90 Å². The maximum atomic E-state index is 5.63. The molecule has 2 atom stereocenters. The first-order valence-electron chi connectivity index (χ1n) is 4.16. The van der Waals surface area contributed by atoms with Crippen LogP contribution in [0.15, 0.2) is 0 Å². The van der Waals surface area contributed by atoms with E-state index in [-0.39, 0.29) is 0 Å². The van der Waals surface area contributed by atoms with Crippen LogP contribution in [0.1, 0.15) is 19.8 Å². The Morgan fingerprint density at radius 3 is 2.80 bits per heavy atom. The Bertz CT molecular complexity index is 103. The second-order valence-electron chi connectivity index (χ2n) is 3.36. The van der Waals surface area contributed by atoms with E-state index in [2.05, 4.69) is 18.9 Å². The van der Waals surface area contributed by atoms with Gasteiger partial charge in [0.2, 0.25) is 0 Å². The molecule has 2 nitrogen and oxygen atoms in total. The molecule has 0 aromatic carbocycles. The molecule has 60 valence electrons. The average Bonchev–Trinajstić information content (AvgIpc) is 1.95. The Balaban J connectivity index is 2.42. The highest BCUT2D eigenvalue weighted by atomic mass is 15.1. The second-order valence-corrected chi connectivity index (χ2v) is 3.36. The summed E-state index contributed by atoms with van der Waals surface area (Å²) in [4.78, 5) is 2.40. The number of piperidine rings is 1. The van der Waals surface area contributed by atoms with Gasteiger partial charge in [0.1, 0.15) is 0 Å². The molecule has 10 heavy (non-hydrogen) atoms. The maximum absolute atomic E-state index is 5.63. The number of hydrogen-bond donors (Lipinski definition) is 1. The van der Waals surface area contributed by atoms with Crippen LogP contribution in [-0.4, -0.2) is 31.1 Å². The van der Waals surface area contributed by atoms with Crippen LogP contribution in [0.3, 0.4) is 0 Å². The van der Waals surface area contributed by atoms with Crippen molar-refractivity contribution in [3.8, 4) is 0 Å². The van der Waals surface area contributed by atoms with Crippen molar-refractivity contribution in [2.75, 3.05) is 20.1 Å². The minimum atomic E-state index is 0.693. The lowest BCUT2D eigenvalue weighted by atomic mass is 9.91. The van der Waals surface area contributed by atoms with Gasteiger partial charge in [-0.25, -0.2) is 0 Å². The van der Waals surface area contributed by atoms with Crippen molar-refractivity contribution in [3.05, 3.63) is 0 Å². The van der Waals surface area contributed by atoms with Crippen LogP contribution in [0, 0.1) is 5.92 Å². The van der Waals surface area contributed by atoms with Gasteiger partial charge < -0.3 is 10.6 Å². The molecule has 1 rings (SSSR count). The molecule has 0 spiro atoms. The fourth-order valence-corrected chi connectivity index (χ4v) is 1.72. The van der Waals surface area contributed by atoms with E-state index in [1.807, 2.05) is 0 Å². The number of likely N-dealkylation sites (tertiary alicyclic amines) is 1. The first-order valence-corrected chi connectivity index (χ1v) is 4.16. The Morgan fingerprint density at radius 2 is 2.30 bits per heavy atom. The number of nitrogens with two attached hydrogens (primary N) is 1. The third kappa shape index (κ3) is 1.50. The quantitative estimate of drug-likeness (QED) is 0.583. The van der Waals surface area contributed by atoms with Crippen molar-refractivity contribution in [3.63, 3.8) is 0 Å². The Morgan fingerprint density at radius 1 is 1.60 bits per heavy atom. The molecule has 0 unspecified atom stereocenters. The molecule has 1 saturated heterocycles. The van der Waals surface area contributed by atoms with Crippen molar-refractivity contribution in [2.24, 2.45) is 11.7 Å². The van der Waals surface area contributed by atoms with E-state index in [0.29, 0.717) is 6.04 Å². The fourth-order valence-electron chi connectivity index (χ4n) is 1.72. The van der Waals surface area contributed by atoms with Gasteiger partial charge in [0.15, 0.2) is 0 Å². The summed E-state index contributed by atoms with van der Waals surface area (Å²) < 4.78 is 0. The van der Waals surface area contributed by atoms with E-state index >= 15 is 0 Å². The van der Waals surface area contributed by atoms with E-state index in [1.165, 1.54) is 19.4 Å². The van der Waals surface area contributed by atoms with Crippen molar-refractivity contribution in [2.45, 2.75) is 25.8 Å². The third-order valence-electron chi connectivity index (χ3n) is 2.77. The summed E-state index contributed by atoms with van der Waals surface area (Å²) in [6.45, 7) is 4.37. The average molecular weight is 142 g/mol. The Kier molecular flexibility index (Phi) is 2.69. The summed E-state index contributed by atoms with van der Waals surface area (Å²) in [6.07, 6.45) is 2.64. The van der Waals surface area contributed by atoms with Crippen LogP contribution in [0.5, 0.6) is 0 Å². The number of hydrogen-bond acceptors (Lipinski definition) is 2. The van der Waals surface area contributed by atoms with Gasteiger partial charge in [0.25, 0.3) is 0 Å². The fraction of sp³-hybridized carbons (Fsp3) is 1.00. The van der Waals surface area contributed by atoms with Crippen LogP contribution in [0.2, 0.25) is 0 Å². The normalized spacial score (nSPS) is 36.3. The van der Waals surface area contributed by atoms with E-state index in [9.17, 15) is 0 Å². The zero-order valence-corrected chi connectivity index (χ0v) is 7.01. The lowest BCUT2D eigenvalue weighted by Crippen LogP contribution is -2.43. The minimum absolute atomic E-state index is 0.693. The molecular formula is C8H18N2. The monoisotopic (exact) mass is 142 g/mol. The van der Waals surface area contributed by atoms with Crippen LogP contribution in [0.25, 0.3) is 0 Å². The molecule has 0 radical (unpaired) electrons. The van der Waals surface area contributed by atoms with Gasteiger partial charge >= 0.3 is 0 Å². The van der Waals surface area contributed by atoms with E-state index < -0.39 is 0 Å². The van der Waals surface area contributed by atoms with Gasteiger partial charge in [-0.05, 0) is 45.8 Å². The van der Waals surface area contributed by atoms with Crippen molar-refractivity contribution < 1.29 is 0 Å². The number of nitrogens with zero attached hydrogens (tertiary/aromatic N) is 1. The Hall–Kier alpha value is -0.0800. The first-order chi connectivity index (χ1) is 4.75. The molecule has 0 aromatic heterocycles. The topological polar surface area (TPSA) is 29.3 Å². The standard InChI is InChI=1S/C8H18N2/c1-7-8(6-9)4-3-5-10(7)2/h7-8H,3-6,9H2,1-2H3/t7-,8-/m1/s1. The largest absolute Gasteiger partial charge is 0.330 e. The van der Waals surface area contributed by atoms with Gasteiger partial charge in [-0.15, -0.1) is 0 Å². The van der Waals surface area contributed by atoms with Gasteiger partial charge in [-0.2, -0.15) is 0 Å². The lowest BCUT2D eigenvalue weighted by Gasteiger charge is -2.36. The molecule has 1 fully saturated rings. The van der Waals surface area contributed by atoms with Crippen LogP contribution in [0.4, 0.5) is 0 Å². The van der Waals surface area contributed by atoms with E-state index in [1.54, 1.807) is 0 Å². The highest BCUT2D eigenvalue weighted by Gasteiger charge is 2.23. The SMILES string of the molecule is C[C@@H]1[C@@H](CN)CCCN1C. The third-order valence-corrected chi connectivity index (χ3v) is 2.77. The summed E-state index contributed by atoms with van der Waals surface area (Å²) in [6, 6.07) is 0.693. The van der Waals surface area contributed by atoms with Crippen LogP contribution in [-0.2, 0) is 0 Å². The molecule has 0 bridgehead atoms. The summed E-state index contributed by atoms with van der Waals surface area (Å²) in [5, 5.41) is 0. The zero-order valence-electron chi connectivity index (χ0n) is 7.01. The highest BCUT2D eigenvalue weighted by molar-refractivity contribution is 4.79. The van der Waals surface area contributed by atoms with Gasteiger partial charge in [0.05, 0.1) is 0 Å². The highest BCUT2D eigenvalue weighted by Crippen LogP contribution is 2.20. The number of rotatable bonds is 1. The van der Waals surface area contributed by atoms with E-state index in [0.717, 1.165) is 12.5 Å².